The maximum Gasteiger partial charge on any atom is 0.573 e. The Morgan fingerprint density at radius 3 is 2.36 bits per heavy atom. The van der Waals surface area contributed by atoms with E-state index in [2.05, 4.69) is 9.72 Å². The first kappa shape index (κ1) is 15.6. The average Bonchev–Trinajstić information content (AvgIpc) is 2.40. The van der Waals surface area contributed by atoms with Gasteiger partial charge in [0.25, 0.3) is 5.56 Å². The first-order chi connectivity index (χ1) is 10.2. The molecule has 0 spiro atoms. The van der Waals surface area contributed by atoms with Gasteiger partial charge in [-0.15, -0.1) is 13.2 Å². The molecule has 1 aromatic heterocycles. The van der Waals surface area contributed by atoms with E-state index in [-0.39, 0.29) is 11.3 Å². The van der Waals surface area contributed by atoms with Crippen LogP contribution in [0.2, 0.25) is 0 Å². The van der Waals surface area contributed by atoms with Crippen molar-refractivity contribution >= 4 is 5.97 Å². The fourth-order valence-corrected chi connectivity index (χ4v) is 1.84. The number of pyridine rings is 1. The molecular formula is C14H10F3NO4. The first-order valence-corrected chi connectivity index (χ1v) is 6.04. The van der Waals surface area contributed by atoms with Gasteiger partial charge in [0.1, 0.15) is 5.75 Å². The van der Waals surface area contributed by atoms with Crippen molar-refractivity contribution in [1.82, 2.24) is 4.98 Å². The minimum absolute atomic E-state index is 0.0561. The molecule has 0 unspecified atom stereocenters. The van der Waals surface area contributed by atoms with Gasteiger partial charge in [0.2, 0.25) is 0 Å². The summed E-state index contributed by atoms with van der Waals surface area (Å²) in [5.74, 6) is -1.52. The summed E-state index contributed by atoms with van der Waals surface area (Å²) in [7, 11) is 0. The molecule has 0 saturated heterocycles. The predicted octanol–water partition coefficient (Wildman–Crippen LogP) is 2.57. The van der Waals surface area contributed by atoms with Crippen molar-refractivity contribution in [3.05, 3.63) is 52.4 Å². The molecule has 0 aliphatic carbocycles. The topological polar surface area (TPSA) is 79.4 Å². The minimum atomic E-state index is -4.77. The number of hydrogen-bond donors (Lipinski definition) is 2. The molecule has 2 rings (SSSR count). The molecule has 8 heteroatoms. The van der Waals surface area contributed by atoms with E-state index < -0.39 is 24.3 Å². The van der Waals surface area contributed by atoms with E-state index in [1.807, 2.05) is 0 Å². The van der Waals surface area contributed by atoms with Gasteiger partial charge in [-0.1, -0.05) is 12.1 Å². The van der Waals surface area contributed by atoms with Gasteiger partial charge in [-0.3, -0.25) is 9.59 Å². The van der Waals surface area contributed by atoms with Crippen LogP contribution in [0.4, 0.5) is 13.2 Å². The highest BCUT2D eigenvalue weighted by Gasteiger charge is 2.30. The normalized spacial score (nSPS) is 11.2. The van der Waals surface area contributed by atoms with Crippen LogP contribution in [0, 0.1) is 0 Å². The van der Waals surface area contributed by atoms with Crippen molar-refractivity contribution in [2.24, 2.45) is 0 Å². The quantitative estimate of drug-likeness (QED) is 0.909. The lowest BCUT2D eigenvalue weighted by Crippen LogP contribution is -2.17. The van der Waals surface area contributed by atoms with Crippen LogP contribution < -0.4 is 10.3 Å². The number of carboxylic acids is 1. The summed E-state index contributed by atoms with van der Waals surface area (Å²) in [5, 5.41) is 8.72. The number of aromatic amines is 1. The number of hydrogen-bond acceptors (Lipinski definition) is 3. The zero-order chi connectivity index (χ0) is 16.3. The molecule has 0 fully saturated rings. The van der Waals surface area contributed by atoms with Crippen molar-refractivity contribution < 1.29 is 27.8 Å². The minimum Gasteiger partial charge on any atom is -0.481 e. The summed E-state index contributed by atoms with van der Waals surface area (Å²) in [6, 6.07) is 6.39. The number of alkyl halides is 3. The van der Waals surface area contributed by atoms with E-state index in [0.29, 0.717) is 11.1 Å². The molecular weight excluding hydrogens is 303 g/mol. The molecule has 0 saturated carbocycles. The number of nitrogens with one attached hydrogen (secondary N) is 1. The number of ether oxygens (including phenoxy) is 1. The Morgan fingerprint density at radius 1 is 1.18 bits per heavy atom. The largest absolute Gasteiger partial charge is 0.573 e. The Morgan fingerprint density at radius 2 is 1.82 bits per heavy atom. The average molecular weight is 313 g/mol. The molecule has 0 aliphatic rings. The predicted molar refractivity (Wildman–Crippen MR) is 70.5 cm³/mol. The number of carboxylic acid groups (broad SMARTS) is 1. The monoisotopic (exact) mass is 313 g/mol. The maximum atomic E-state index is 12.1. The van der Waals surface area contributed by atoms with Gasteiger partial charge in [0.05, 0.1) is 6.42 Å². The van der Waals surface area contributed by atoms with E-state index >= 15 is 0 Å². The lowest BCUT2D eigenvalue weighted by Gasteiger charge is -2.09. The summed E-state index contributed by atoms with van der Waals surface area (Å²) in [4.78, 5) is 24.6. The number of rotatable bonds is 4. The van der Waals surface area contributed by atoms with Crippen LogP contribution in [0.25, 0.3) is 11.1 Å². The second kappa shape index (κ2) is 5.92. The van der Waals surface area contributed by atoms with Gasteiger partial charge >= 0.3 is 12.3 Å². The second-order valence-electron chi connectivity index (χ2n) is 4.39. The Hall–Kier alpha value is -2.77. The Balaban J connectivity index is 2.28. The Kier molecular flexibility index (Phi) is 4.20. The van der Waals surface area contributed by atoms with Crippen molar-refractivity contribution in [2.75, 3.05) is 0 Å². The SMILES string of the molecule is O=C(O)Cc1cc(-c2ccc(OC(F)(F)F)cc2)c[nH]c1=O. The lowest BCUT2D eigenvalue weighted by atomic mass is 10.0. The molecule has 1 heterocycles. The van der Waals surface area contributed by atoms with Gasteiger partial charge in [-0.25, -0.2) is 0 Å². The van der Waals surface area contributed by atoms with Gasteiger partial charge < -0.3 is 14.8 Å². The van der Waals surface area contributed by atoms with Crippen molar-refractivity contribution in [3.8, 4) is 16.9 Å². The van der Waals surface area contributed by atoms with Gasteiger partial charge in [0.15, 0.2) is 0 Å². The third-order valence-electron chi connectivity index (χ3n) is 2.74. The van der Waals surface area contributed by atoms with Gasteiger partial charge in [-0.05, 0) is 29.3 Å². The van der Waals surface area contributed by atoms with Crippen LogP contribution in [0.5, 0.6) is 5.75 Å². The molecule has 0 atom stereocenters. The Bertz CT molecular complexity index is 735. The fourth-order valence-electron chi connectivity index (χ4n) is 1.84. The van der Waals surface area contributed by atoms with Crippen LogP contribution in [0.15, 0.2) is 41.3 Å². The van der Waals surface area contributed by atoms with Crippen molar-refractivity contribution in [3.63, 3.8) is 0 Å². The zero-order valence-corrected chi connectivity index (χ0v) is 11.0. The van der Waals surface area contributed by atoms with Crippen LogP contribution in [0.1, 0.15) is 5.56 Å². The van der Waals surface area contributed by atoms with E-state index in [9.17, 15) is 22.8 Å². The van der Waals surface area contributed by atoms with E-state index in [1.165, 1.54) is 24.4 Å². The summed E-state index contributed by atoms with van der Waals surface area (Å²) < 4.78 is 40.0. The summed E-state index contributed by atoms with van der Waals surface area (Å²) in [6.45, 7) is 0. The Labute approximate surface area is 122 Å². The molecule has 0 radical (unpaired) electrons. The summed E-state index contributed by atoms with van der Waals surface area (Å²) in [6.07, 6.45) is -3.86. The molecule has 5 nitrogen and oxygen atoms in total. The highest BCUT2D eigenvalue weighted by Crippen LogP contribution is 2.26. The van der Waals surface area contributed by atoms with Crippen LogP contribution in [0.3, 0.4) is 0 Å². The number of benzene rings is 1. The van der Waals surface area contributed by atoms with Crippen molar-refractivity contribution in [2.45, 2.75) is 12.8 Å². The molecule has 2 aromatic rings. The summed E-state index contributed by atoms with van der Waals surface area (Å²) >= 11 is 0. The zero-order valence-electron chi connectivity index (χ0n) is 11.0. The second-order valence-corrected chi connectivity index (χ2v) is 4.39. The number of aliphatic carboxylic acids is 1. The van der Waals surface area contributed by atoms with Crippen LogP contribution >= 0.6 is 0 Å². The molecule has 0 bridgehead atoms. The number of aromatic nitrogens is 1. The molecule has 1 aromatic carbocycles. The van der Waals surface area contributed by atoms with Gasteiger partial charge in [-0.2, -0.15) is 0 Å². The van der Waals surface area contributed by atoms with Crippen molar-refractivity contribution in [1.29, 1.82) is 0 Å². The third kappa shape index (κ3) is 4.11. The fraction of sp³-hybridized carbons (Fsp3) is 0.143. The lowest BCUT2D eigenvalue weighted by molar-refractivity contribution is -0.274. The van der Waals surface area contributed by atoms with E-state index in [0.717, 1.165) is 12.1 Å². The molecule has 0 aliphatic heterocycles. The number of halogens is 3. The van der Waals surface area contributed by atoms with E-state index in [1.54, 1.807) is 0 Å². The first-order valence-electron chi connectivity index (χ1n) is 6.04. The highest BCUT2D eigenvalue weighted by atomic mass is 19.4. The smallest absolute Gasteiger partial charge is 0.481 e. The van der Waals surface area contributed by atoms with Crippen LogP contribution in [-0.2, 0) is 11.2 Å². The maximum absolute atomic E-state index is 12.1. The third-order valence-corrected chi connectivity index (χ3v) is 2.74. The number of carbonyl (C=O) groups is 1. The summed E-state index contributed by atoms with van der Waals surface area (Å²) in [5.41, 5.74) is 0.524. The van der Waals surface area contributed by atoms with Crippen LogP contribution in [-0.4, -0.2) is 22.4 Å². The molecule has 2 N–H and O–H groups in total. The molecule has 0 amide bonds. The standard InChI is InChI=1S/C14H10F3NO4/c15-14(16,17)22-11-3-1-8(2-4-11)10-5-9(6-12(19)20)13(21)18-7-10/h1-5,7H,6H2,(H,18,21)(H,19,20). The van der Waals surface area contributed by atoms with E-state index in [4.69, 9.17) is 5.11 Å². The molecule has 22 heavy (non-hydrogen) atoms. The highest BCUT2D eigenvalue weighted by molar-refractivity contribution is 5.71. The molecule has 116 valence electrons. The number of H-pyrrole nitrogens is 1. The van der Waals surface area contributed by atoms with Gasteiger partial charge in [0, 0.05) is 11.8 Å².